The predicted molar refractivity (Wildman–Crippen MR) is 104 cm³/mol. The van der Waals surface area contributed by atoms with Gasteiger partial charge in [-0.15, -0.1) is 0 Å². The van der Waals surface area contributed by atoms with Crippen LogP contribution in [0.1, 0.15) is 35.6 Å². The SMILES string of the molecule is O=C(Nc1cc(C(F)(F)F)ccc1N1CCCC1)N[C@@H]1c2ccccc2C[C@@H]1O. The van der Waals surface area contributed by atoms with Gasteiger partial charge in [-0.25, -0.2) is 4.79 Å². The second-order valence-electron chi connectivity index (χ2n) is 7.47. The summed E-state index contributed by atoms with van der Waals surface area (Å²) < 4.78 is 39.6. The molecule has 1 heterocycles. The quantitative estimate of drug-likeness (QED) is 0.721. The molecule has 3 N–H and O–H groups in total. The molecule has 1 aliphatic heterocycles. The molecular weight excluding hydrogens is 383 g/mol. The van der Waals surface area contributed by atoms with Crippen LogP contribution in [-0.2, 0) is 12.6 Å². The molecule has 1 saturated heterocycles. The minimum Gasteiger partial charge on any atom is -0.390 e. The first-order chi connectivity index (χ1) is 13.8. The van der Waals surface area contributed by atoms with Gasteiger partial charge in [0, 0.05) is 19.5 Å². The maximum absolute atomic E-state index is 13.2. The van der Waals surface area contributed by atoms with Crippen molar-refractivity contribution >= 4 is 17.4 Å². The van der Waals surface area contributed by atoms with E-state index in [0.717, 1.165) is 49.2 Å². The van der Waals surface area contributed by atoms with Crippen LogP contribution in [0.4, 0.5) is 29.3 Å². The van der Waals surface area contributed by atoms with E-state index in [4.69, 9.17) is 0 Å². The van der Waals surface area contributed by atoms with Crippen molar-refractivity contribution in [2.24, 2.45) is 0 Å². The third-order valence-corrected chi connectivity index (χ3v) is 5.51. The number of hydrogen-bond acceptors (Lipinski definition) is 3. The summed E-state index contributed by atoms with van der Waals surface area (Å²) in [4.78, 5) is 14.6. The lowest BCUT2D eigenvalue weighted by atomic mass is 10.1. The summed E-state index contributed by atoms with van der Waals surface area (Å²) in [5.41, 5.74) is 1.63. The molecule has 2 aromatic rings. The van der Waals surface area contributed by atoms with Crippen molar-refractivity contribution in [3.05, 3.63) is 59.2 Å². The fourth-order valence-corrected chi connectivity index (χ4v) is 4.09. The smallest absolute Gasteiger partial charge is 0.390 e. The van der Waals surface area contributed by atoms with E-state index in [-0.39, 0.29) is 5.69 Å². The fraction of sp³-hybridized carbons (Fsp3) is 0.381. The lowest BCUT2D eigenvalue weighted by molar-refractivity contribution is -0.137. The van der Waals surface area contributed by atoms with E-state index in [1.807, 2.05) is 29.2 Å². The highest BCUT2D eigenvalue weighted by atomic mass is 19.4. The highest BCUT2D eigenvalue weighted by Gasteiger charge is 2.34. The van der Waals surface area contributed by atoms with Gasteiger partial charge in [-0.2, -0.15) is 13.2 Å². The molecular formula is C21H22F3N3O2. The third-order valence-electron chi connectivity index (χ3n) is 5.51. The number of carbonyl (C=O) groups excluding carboxylic acids is 1. The van der Waals surface area contributed by atoms with Crippen LogP contribution in [0.5, 0.6) is 0 Å². The molecule has 1 aliphatic carbocycles. The monoisotopic (exact) mass is 405 g/mol. The largest absolute Gasteiger partial charge is 0.416 e. The van der Waals surface area contributed by atoms with Crippen molar-refractivity contribution in [2.75, 3.05) is 23.3 Å². The fourth-order valence-electron chi connectivity index (χ4n) is 4.09. The van der Waals surface area contributed by atoms with Gasteiger partial charge in [0.1, 0.15) is 0 Å². The Bertz CT molecular complexity index is 910. The van der Waals surface area contributed by atoms with Gasteiger partial charge in [0.05, 0.1) is 29.1 Å². The minimum absolute atomic E-state index is 0.111. The van der Waals surface area contributed by atoms with Gasteiger partial charge >= 0.3 is 12.2 Å². The van der Waals surface area contributed by atoms with Gasteiger partial charge in [0.2, 0.25) is 0 Å². The second kappa shape index (κ2) is 7.59. The molecule has 154 valence electrons. The van der Waals surface area contributed by atoms with Crippen molar-refractivity contribution in [3.8, 4) is 0 Å². The number of amides is 2. The van der Waals surface area contributed by atoms with Crippen molar-refractivity contribution < 1.29 is 23.1 Å². The Morgan fingerprint density at radius 3 is 2.55 bits per heavy atom. The molecule has 5 nitrogen and oxygen atoms in total. The van der Waals surface area contributed by atoms with Crippen molar-refractivity contribution in [1.29, 1.82) is 0 Å². The molecule has 2 atom stereocenters. The number of nitrogens with one attached hydrogen (secondary N) is 2. The van der Waals surface area contributed by atoms with Gasteiger partial charge in [-0.3, -0.25) is 0 Å². The van der Waals surface area contributed by atoms with E-state index >= 15 is 0 Å². The average molecular weight is 405 g/mol. The molecule has 1 fully saturated rings. The van der Waals surface area contributed by atoms with Crippen LogP contribution in [0.2, 0.25) is 0 Å². The maximum Gasteiger partial charge on any atom is 0.416 e. The number of hydrogen-bond donors (Lipinski definition) is 3. The normalized spacial score (nSPS) is 21.2. The van der Waals surface area contributed by atoms with Crippen molar-refractivity contribution in [3.63, 3.8) is 0 Å². The van der Waals surface area contributed by atoms with Gasteiger partial charge in [-0.1, -0.05) is 24.3 Å². The Morgan fingerprint density at radius 1 is 1.10 bits per heavy atom. The molecule has 2 aromatic carbocycles. The number of carbonyl (C=O) groups is 1. The number of alkyl halides is 3. The summed E-state index contributed by atoms with van der Waals surface area (Å²) in [6.45, 7) is 1.47. The van der Waals surface area contributed by atoms with E-state index in [1.54, 1.807) is 0 Å². The van der Waals surface area contributed by atoms with E-state index in [2.05, 4.69) is 10.6 Å². The lowest BCUT2D eigenvalue weighted by Gasteiger charge is -2.24. The molecule has 2 aliphatic rings. The van der Waals surface area contributed by atoms with Crippen LogP contribution in [0.15, 0.2) is 42.5 Å². The van der Waals surface area contributed by atoms with E-state index in [9.17, 15) is 23.1 Å². The molecule has 0 bridgehead atoms. The lowest BCUT2D eigenvalue weighted by Crippen LogP contribution is -2.37. The molecule has 8 heteroatoms. The number of urea groups is 1. The molecule has 0 aromatic heterocycles. The zero-order valence-corrected chi connectivity index (χ0v) is 15.7. The first kappa shape index (κ1) is 19.6. The molecule has 0 spiro atoms. The number of rotatable bonds is 3. The highest BCUT2D eigenvalue weighted by Crippen LogP contribution is 2.37. The first-order valence-corrected chi connectivity index (χ1v) is 9.62. The zero-order valence-electron chi connectivity index (χ0n) is 15.7. The first-order valence-electron chi connectivity index (χ1n) is 9.62. The number of fused-ring (bicyclic) bond motifs is 1. The van der Waals surface area contributed by atoms with Crippen LogP contribution < -0.4 is 15.5 Å². The Kier molecular flexibility index (Phi) is 5.12. The zero-order chi connectivity index (χ0) is 20.6. The van der Waals surface area contributed by atoms with E-state index in [1.165, 1.54) is 6.07 Å². The summed E-state index contributed by atoms with van der Waals surface area (Å²) in [6.07, 6.45) is -2.95. The number of benzene rings is 2. The molecule has 29 heavy (non-hydrogen) atoms. The van der Waals surface area contributed by atoms with Crippen LogP contribution in [0, 0.1) is 0 Å². The Balaban J connectivity index is 1.57. The number of aliphatic hydroxyl groups excluding tert-OH is 1. The Morgan fingerprint density at radius 2 is 1.83 bits per heavy atom. The second-order valence-corrected chi connectivity index (χ2v) is 7.47. The van der Waals surface area contributed by atoms with Crippen LogP contribution in [-0.4, -0.2) is 30.3 Å². The number of nitrogens with zero attached hydrogens (tertiary/aromatic N) is 1. The van der Waals surface area contributed by atoms with E-state index in [0.29, 0.717) is 12.1 Å². The minimum atomic E-state index is -4.50. The Hall–Kier alpha value is -2.74. The summed E-state index contributed by atoms with van der Waals surface area (Å²) in [7, 11) is 0. The van der Waals surface area contributed by atoms with Gasteiger partial charge < -0.3 is 20.6 Å². The van der Waals surface area contributed by atoms with Crippen molar-refractivity contribution in [1.82, 2.24) is 5.32 Å². The Labute approximate surface area is 166 Å². The standard InChI is InChI=1S/C21H22F3N3O2/c22-21(23,24)14-7-8-17(27-9-3-4-10-27)16(12-14)25-20(29)26-19-15-6-2-1-5-13(15)11-18(19)28/h1-2,5-8,12,18-19,28H,3-4,9-11H2,(H2,25,26,29)/t18-,19+/m0/s1. The summed E-state index contributed by atoms with van der Waals surface area (Å²) in [6, 6.07) is 9.55. The van der Waals surface area contributed by atoms with Gasteiger partial charge in [0.15, 0.2) is 0 Å². The maximum atomic E-state index is 13.2. The van der Waals surface area contributed by atoms with Crippen LogP contribution in [0.3, 0.4) is 0 Å². The molecule has 0 saturated carbocycles. The highest BCUT2D eigenvalue weighted by molar-refractivity contribution is 5.94. The number of halogens is 3. The van der Waals surface area contributed by atoms with Crippen LogP contribution >= 0.6 is 0 Å². The third kappa shape index (κ3) is 4.03. The topological polar surface area (TPSA) is 64.6 Å². The number of anilines is 2. The predicted octanol–water partition coefficient (Wildman–Crippen LogP) is 4.09. The summed E-state index contributed by atoms with van der Waals surface area (Å²) in [5.74, 6) is 0. The van der Waals surface area contributed by atoms with Crippen molar-refractivity contribution in [2.45, 2.75) is 37.6 Å². The summed E-state index contributed by atoms with van der Waals surface area (Å²) in [5, 5.41) is 15.6. The average Bonchev–Trinajstić information content (AvgIpc) is 3.30. The van der Waals surface area contributed by atoms with Crippen LogP contribution in [0.25, 0.3) is 0 Å². The summed E-state index contributed by atoms with van der Waals surface area (Å²) >= 11 is 0. The van der Waals surface area contributed by atoms with Gasteiger partial charge in [-0.05, 0) is 42.2 Å². The molecule has 4 rings (SSSR count). The van der Waals surface area contributed by atoms with E-state index < -0.39 is 29.9 Å². The molecule has 0 unspecified atom stereocenters. The molecule has 0 radical (unpaired) electrons. The molecule has 2 amide bonds. The number of aliphatic hydroxyl groups is 1. The van der Waals surface area contributed by atoms with Gasteiger partial charge in [0.25, 0.3) is 0 Å².